The van der Waals surface area contributed by atoms with E-state index in [1.165, 1.54) is 0 Å². The molecule has 1 saturated carbocycles. The third kappa shape index (κ3) is 9.07. The van der Waals surface area contributed by atoms with Crippen LogP contribution in [0.3, 0.4) is 0 Å². The molecule has 1 aromatic heterocycles. The van der Waals surface area contributed by atoms with Gasteiger partial charge in [0, 0.05) is 23.5 Å². The molecule has 3 aromatic rings. The maximum Gasteiger partial charge on any atom is 0.408 e. The van der Waals surface area contributed by atoms with Crippen LogP contribution in [0, 0.1) is 5.92 Å². The Kier molecular flexibility index (Phi) is 10.8. The van der Waals surface area contributed by atoms with Gasteiger partial charge in [0.1, 0.15) is 18.2 Å². The molecule has 2 amide bonds. The molecule has 230 valence electrons. The average Bonchev–Trinajstić information content (AvgIpc) is 3.38. The van der Waals surface area contributed by atoms with Gasteiger partial charge in [0.25, 0.3) is 0 Å². The number of aliphatic carboxylic acids is 1. The van der Waals surface area contributed by atoms with Crippen LogP contribution in [-0.2, 0) is 36.7 Å². The van der Waals surface area contributed by atoms with Gasteiger partial charge in [0.15, 0.2) is 0 Å². The first-order valence-electron chi connectivity index (χ1n) is 14.9. The van der Waals surface area contributed by atoms with E-state index < -0.39 is 35.5 Å². The highest BCUT2D eigenvalue weighted by molar-refractivity contribution is 5.92. The number of benzene rings is 2. The number of esters is 1. The Morgan fingerprint density at radius 2 is 1.74 bits per heavy atom. The van der Waals surface area contributed by atoms with Crippen molar-refractivity contribution >= 4 is 34.8 Å². The van der Waals surface area contributed by atoms with Crippen LogP contribution in [0.15, 0.2) is 60.8 Å². The number of para-hydroxylation sites is 1. The van der Waals surface area contributed by atoms with Crippen LogP contribution >= 0.6 is 0 Å². The van der Waals surface area contributed by atoms with Gasteiger partial charge in [-0.2, -0.15) is 0 Å². The molecular weight excluding hydrogens is 550 g/mol. The maximum absolute atomic E-state index is 14.1. The minimum atomic E-state index is -1.41. The zero-order valence-electron chi connectivity index (χ0n) is 24.8. The van der Waals surface area contributed by atoms with Crippen LogP contribution in [0.1, 0.15) is 63.5 Å². The molecule has 4 N–H and O–H groups in total. The highest BCUT2D eigenvalue weighted by atomic mass is 16.6. The molecule has 2 aromatic carbocycles. The molecule has 43 heavy (non-hydrogen) atoms. The van der Waals surface area contributed by atoms with Crippen molar-refractivity contribution in [2.75, 3.05) is 6.61 Å². The van der Waals surface area contributed by atoms with Crippen molar-refractivity contribution in [1.82, 2.24) is 15.6 Å². The molecule has 0 saturated heterocycles. The predicted molar refractivity (Wildman–Crippen MR) is 161 cm³/mol. The monoisotopic (exact) mass is 591 g/mol. The van der Waals surface area contributed by atoms with E-state index in [1.807, 2.05) is 60.8 Å². The molecule has 1 aliphatic carbocycles. The Morgan fingerprint density at radius 1 is 1.02 bits per heavy atom. The normalized spacial score (nSPS) is 18.7. The molecular formula is C33H41N3O7. The van der Waals surface area contributed by atoms with Gasteiger partial charge in [-0.25, -0.2) is 4.79 Å². The van der Waals surface area contributed by atoms with Gasteiger partial charge in [-0.15, -0.1) is 0 Å². The number of carbonyl (C=O) groups is 4. The molecule has 10 heteroatoms. The van der Waals surface area contributed by atoms with Gasteiger partial charge in [0.2, 0.25) is 5.91 Å². The molecule has 1 aliphatic rings. The SMILES string of the molecule is CC1CCCCC1OC(=O)NC(C)(Cc1c[nH]c2ccccc12)C(=O)NC(COC(=O)CCC(=O)O)Cc1ccccc1. The zero-order valence-corrected chi connectivity index (χ0v) is 24.8. The van der Waals surface area contributed by atoms with E-state index in [4.69, 9.17) is 14.6 Å². The summed E-state index contributed by atoms with van der Waals surface area (Å²) in [4.78, 5) is 53.6. The van der Waals surface area contributed by atoms with E-state index in [1.54, 1.807) is 6.92 Å². The molecule has 10 nitrogen and oxygen atoms in total. The lowest BCUT2D eigenvalue weighted by Gasteiger charge is -2.33. The van der Waals surface area contributed by atoms with E-state index in [0.717, 1.165) is 47.7 Å². The fourth-order valence-electron chi connectivity index (χ4n) is 5.56. The molecule has 4 atom stereocenters. The summed E-state index contributed by atoms with van der Waals surface area (Å²) in [6.45, 7) is 3.57. The largest absolute Gasteiger partial charge is 0.481 e. The fourth-order valence-corrected chi connectivity index (χ4v) is 5.56. The second-order valence-corrected chi connectivity index (χ2v) is 11.6. The van der Waals surface area contributed by atoms with Crippen molar-refractivity contribution in [3.63, 3.8) is 0 Å². The Balaban J connectivity index is 1.55. The van der Waals surface area contributed by atoms with Crippen LogP contribution in [0.5, 0.6) is 0 Å². The Morgan fingerprint density at radius 3 is 2.49 bits per heavy atom. The van der Waals surface area contributed by atoms with Crippen LogP contribution in [0.25, 0.3) is 10.9 Å². The molecule has 0 bridgehead atoms. The summed E-state index contributed by atoms with van der Waals surface area (Å²) < 4.78 is 11.2. The van der Waals surface area contributed by atoms with Crippen LogP contribution in [-0.4, -0.2) is 58.3 Å². The lowest BCUT2D eigenvalue weighted by atomic mass is 9.88. The number of carboxylic acids is 1. The lowest BCUT2D eigenvalue weighted by Crippen LogP contribution is -2.61. The highest BCUT2D eigenvalue weighted by Crippen LogP contribution is 2.27. The minimum Gasteiger partial charge on any atom is -0.481 e. The number of aromatic nitrogens is 1. The quantitative estimate of drug-likeness (QED) is 0.207. The summed E-state index contributed by atoms with van der Waals surface area (Å²) in [5, 5.41) is 15.7. The third-order valence-electron chi connectivity index (χ3n) is 8.04. The van der Waals surface area contributed by atoms with Gasteiger partial charge >= 0.3 is 18.0 Å². The summed E-state index contributed by atoms with van der Waals surface area (Å²) in [6, 6.07) is 16.5. The smallest absolute Gasteiger partial charge is 0.408 e. The Hall–Kier alpha value is -4.34. The van der Waals surface area contributed by atoms with Crippen molar-refractivity contribution in [2.24, 2.45) is 5.92 Å². The molecule has 0 aliphatic heterocycles. The van der Waals surface area contributed by atoms with Gasteiger partial charge in [-0.05, 0) is 55.7 Å². The van der Waals surface area contributed by atoms with Crippen molar-refractivity contribution in [3.05, 3.63) is 71.9 Å². The number of nitrogens with one attached hydrogen (secondary N) is 3. The van der Waals surface area contributed by atoms with Crippen molar-refractivity contribution in [1.29, 1.82) is 0 Å². The summed E-state index contributed by atoms with van der Waals surface area (Å²) in [6.07, 6.45) is 4.73. The van der Waals surface area contributed by atoms with E-state index in [-0.39, 0.29) is 37.9 Å². The topological polar surface area (TPSA) is 147 Å². The first kappa shape index (κ1) is 31.6. The maximum atomic E-state index is 14.1. The van der Waals surface area contributed by atoms with E-state index in [2.05, 4.69) is 22.5 Å². The van der Waals surface area contributed by atoms with Crippen LogP contribution in [0.2, 0.25) is 0 Å². The predicted octanol–water partition coefficient (Wildman–Crippen LogP) is 4.91. The van der Waals surface area contributed by atoms with E-state index in [9.17, 15) is 19.2 Å². The number of aromatic amines is 1. The van der Waals surface area contributed by atoms with Gasteiger partial charge in [-0.1, -0.05) is 61.9 Å². The molecule has 4 unspecified atom stereocenters. The van der Waals surface area contributed by atoms with Crippen LogP contribution in [0.4, 0.5) is 4.79 Å². The molecule has 0 spiro atoms. The Labute approximate surface area is 251 Å². The number of H-pyrrole nitrogens is 1. The van der Waals surface area contributed by atoms with Crippen molar-refractivity contribution < 1.29 is 33.8 Å². The number of hydrogen-bond acceptors (Lipinski definition) is 6. The van der Waals surface area contributed by atoms with Crippen LogP contribution < -0.4 is 10.6 Å². The summed E-state index contributed by atoms with van der Waals surface area (Å²) in [5.74, 6) is -1.99. The highest BCUT2D eigenvalue weighted by Gasteiger charge is 2.39. The zero-order chi connectivity index (χ0) is 30.8. The molecule has 0 radical (unpaired) electrons. The molecule has 1 heterocycles. The number of rotatable bonds is 13. The number of amides is 2. The fraction of sp³-hybridized carbons (Fsp3) is 0.455. The molecule has 4 rings (SSSR count). The number of ether oxygens (including phenoxy) is 2. The first-order chi connectivity index (χ1) is 20.6. The molecule has 1 fully saturated rings. The second-order valence-electron chi connectivity index (χ2n) is 11.6. The average molecular weight is 592 g/mol. The first-order valence-corrected chi connectivity index (χ1v) is 14.9. The van der Waals surface area contributed by atoms with Gasteiger partial charge < -0.3 is 30.2 Å². The number of carboxylic acid groups (broad SMARTS) is 1. The lowest BCUT2D eigenvalue weighted by molar-refractivity contribution is -0.148. The third-order valence-corrected chi connectivity index (χ3v) is 8.04. The van der Waals surface area contributed by atoms with E-state index >= 15 is 0 Å². The summed E-state index contributed by atoms with van der Waals surface area (Å²) in [5.41, 5.74) is 1.25. The summed E-state index contributed by atoms with van der Waals surface area (Å²) >= 11 is 0. The minimum absolute atomic E-state index is 0.160. The van der Waals surface area contributed by atoms with Crippen molar-refractivity contribution in [3.8, 4) is 0 Å². The van der Waals surface area contributed by atoms with E-state index in [0.29, 0.717) is 6.42 Å². The standard InChI is InChI=1S/C33H41N3O7/c1-22-10-6-9-15-28(22)43-32(41)36-33(2,19-24-20-34-27-14-8-7-13-26(24)27)31(40)35-25(18-23-11-4-3-5-12-23)21-42-30(39)17-16-29(37)38/h3-5,7-8,11-14,20,22,25,28,34H,6,9-10,15-19,21H2,1-2H3,(H,35,40)(H,36,41)(H,37,38). The van der Waals surface area contributed by atoms with Crippen molar-refractivity contribution in [2.45, 2.75) is 82.9 Å². The summed E-state index contributed by atoms with van der Waals surface area (Å²) in [7, 11) is 0. The van der Waals surface area contributed by atoms with Gasteiger partial charge in [0.05, 0.1) is 18.9 Å². The number of carbonyl (C=O) groups excluding carboxylic acids is 3. The number of alkyl carbamates (subject to hydrolysis) is 1. The van der Waals surface area contributed by atoms with Gasteiger partial charge in [-0.3, -0.25) is 14.4 Å². The number of fused-ring (bicyclic) bond motifs is 1. The second kappa shape index (κ2) is 14.7. The number of hydrogen-bond donors (Lipinski definition) is 4. The Bertz CT molecular complexity index is 1410.